The molecule has 0 radical (unpaired) electrons. The highest BCUT2D eigenvalue weighted by molar-refractivity contribution is 6.00. The van der Waals surface area contributed by atoms with E-state index in [0.717, 1.165) is 29.7 Å². The van der Waals surface area contributed by atoms with E-state index in [-0.39, 0.29) is 17.7 Å². The maximum atomic E-state index is 12.0. The van der Waals surface area contributed by atoms with Crippen LogP contribution >= 0.6 is 0 Å². The van der Waals surface area contributed by atoms with Crippen molar-refractivity contribution in [3.63, 3.8) is 0 Å². The normalized spacial score (nSPS) is 23.2. The van der Waals surface area contributed by atoms with Gasteiger partial charge in [-0.3, -0.25) is 14.9 Å². The molecule has 118 valence electrons. The number of ether oxygens (including phenoxy) is 1. The minimum atomic E-state index is -0.222. The molecule has 1 unspecified atom stereocenters. The Hall–Kier alpha value is -1.84. The molecule has 1 saturated heterocycles. The molecule has 1 saturated carbocycles. The summed E-state index contributed by atoms with van der Waals surface area (Å²) >= 11 is 0. The summed E-state index contributed by atoms with van der Waals surface area (Å²) in [7, 11) is 0. The summed E-state index contributed by atoms with van der Waals surface area (Å²) in [5.41, 5.74) is 2.03. The van der Waals surface area contributed by atoms with Crippen LogP contribution in [0.1, 0.15) is 62.0 Å². The minimum Gasteiger partial charge on any atom is -0.490 e. The van der Waals surface area contributed by atoms with Crippen LogP contribution in [0.5, 0.6) is 5.75 Å². The van der Waals surface area contributed by atoms with Crippen molar-refractivity contribution in [2.75, 3.05) is 0 Å². The third-order valence-electron chi connectivity index (χ3n) is 4.69. The van der Waals surface area contributed by atoms with Crippen molar-refractivity contribution in [1.82, 2.24) is 5.32 Å². The first-order chi connectivity index (χ1) is 10.6. The fourth-order valence-corrected chi connectivity index (χ4v) is 3.40. The SMILES string of the molecule is Cc1cc(C2CCC(=O)NC2=O)ccc1OC1CCCCC1. The van der Waals surface area contributed by atoms with Gasteiger partial charge in [0.25, 0.3) is 0 Å². The summed E-state index contributed by atoms with van der Waals surface area (Å²) in [4.78, 5) is 23.2. The monoisotopic (exact) mass is 301 g/mol. The number of nitrogens with one attached hydrogen (secondary N) is 1. The molecule has 0 aromatic heterocycles. The van der Waals surface area contributed by atoms with E-state index in [1.165, 1.54) is 19.3 Å². The Balaban J connectivity index is 1.71. The number of carbonyl (C=O) groups excluding carboxylic acids is 2. The van der Waals surface area contributed by atoms with Gasteiger partial charge in [0, 0.05) is 6.42 Å². The van der Waals surface area contributed by atoms with Crippen molar-refractivity contribution >= 4 is 11.8 Å². The van der Waals surface area contributed by atoms with Gasteiger partial charge in [0.1, 0.15) is 5.75 Å². The predicted octanol–water partition coefficient (Wildman–Crippen LogP) is 3.23. The second kappa shape index (κ2) is 6.51. The minimum absolute atomic E-state index is 0.171. The second-order valence-corrected chi connectivity index (χ2v) is 6.41. The molecule has 4 heteroatoms. The summed E-state index contributed by atoms with van der Waals surface area (Å²) in [5, 5.41) is 2.42. The van der Waals surface area contributed by atoms with Gasteiger partial charge in [-0.15, -0.1) is 0 Å². The van der Waals surface area contributed by atoms with Gasteiger partial charge in [-0.1, -0.05) is 18.6 Å². The molecule has 0 bridgehead atoms. The molecule has 3 rings (SSSR count). The number of carbonyl (C=O) groups is 2. The lowest BCUT2D eigenvalue weighted by molar-refractivity contribution is -0.134. The molecule has 1 N–H and O–H groups in total. The zero-order valence-corrected chi connectivity index (χ0v) is 13.1. The Morgan fingerprint density at radius 3 is 2.55 bits per heavy atom. The standard InChI is InChI=1S/C18H23NO3/c1-12-11-13(15-8-10-17(20)19-18(15)21)7-9-16(12)22-14-5-3-2-4-6-14/h7,9,11,14-15H,2-6,8,10H2,1H3,(H,19,20,21). The largest absolute Gasteiger partial charge is 0.490 e. The first-order valence-corrected chi connectivity index (χ1v) is 8.24. The first-order valence-electron chi connectivity index (χ1n) is 8.24. The van der Waals surface area contributed by atoms with Crippen molar-refractivity contribution in [2.24, 2.45) is 0 Å². The number of amides is 2. The Bertz CT molecular complexity index is 576. The molecule has 2 fully saturated rings. The highest BCUT2D eigenvalue weighted by Gasteiger charge is 2.28. The molecule has 22 heavy (non-hydrogen) atoms. The van der Waals surface area contributed by atoms with Gasteiger partial charge in [0.2, 0.25) is 11.8 Å². The topological polar surface area (TPSA) is 55.4 Å². The Morgan fingerprint density at radius 2 is 1.86 bits per heavy atom. The van der Waals surface area contributed by atoms with Gasteiger partial charge in [-0.25, -0.2) is 0 Å². The van der Waals surface area contributed by atoms with Crippen LogP contribution < -0.4 is 10.1 Å². The molecule has 4 nitrogen and oxygen atoms in total. The van der Waals surface area contributed by atoms with Crippen LogP contribution in [0.25, 0.3) is 0 Å². The van der Waals surface area contributed by atoms with Gasteiger partial charge >= 0.3 is 0 Å². The summed E-state index contributed by atoms with van der Waals surface area (Å²) in [6, 6.07) is 5.96. The number of imide groups is 1. The molecule has 1 atom stereocenters. The van der Waals surface area contributed by atoms with Crippen molar-refractivity contribution in [3.8, 4) is 5.75 Å². The van der Waals surface area contributed by atoms with E-state index < -0.39 is 0 Å². The predicted molar refractivity (Wildman–Crippen MR) is 83.8 cm³/mol. The van der Waals surface area contributed by atoms with Crippen LogP contribution in [0, 0.1) is 6.92 Å². The molecule has 1 aliphatic carbocycles. The number of hydrogen-bond donors (Lipinski definition) is 1. The number of benzene rings is 1. The van der Waals surface area contributed by atoms with Crippen molar-refractivity contribution in [1.29, 1.82) is 0 Å². The lowest BCUT2D eigenvalue weighted by atomic mass is 9.89. The Morgan fingerprint density at radius 1 is 1.09 bits per heavy atom. The van der Waals surface area contributed by atoms with Crippen molar-refractivity contribution in [2.45, 2.75) is 63.9 Å². The average molecular weight is 301 g/mol. The van der Waals surface area contributed by atoms with Crippen LogP contribution in [0.15, 0.2) is 18.2 Å². The number of aryl methyl sites for hydroxylation is 1. The first kappa shape index (κ1) is 15.1. The number of hydrogen-bond acceptors (Lipinski definition) is 3. The third-order valence-corrected chi connectivity index (χ3v) is 4.69. The molecule has 2 aliphatic rings. The summed E-state index contributed by atoms with van der Waals surface area (Å²) in [6.07, 6.45) is 7.41. The zero-order chi connectivity index (χ0) is 15.5. The quantitative estimate of drug-likeness (QED) is 0.872. The van der Waals surface area contributed by atoms with Crippen LogP contribution in [0.3, 0.4) is 0 Å². The maximum absolute atomic E-state index is 12.0. The van der Waals surface area contributed by atoms with E-state index in [2.05, 4.69) is 5.32 Å². The van der Waals surface area contributed by atoms with Crippen molar-refractivity contribution < 1.29 is 14.3 Å². The van der Waals surface area contributed by atoms with Gasteiger partial charge in [0.05, 0.1) is 12.0 Å². The lowest BCUT2D eigenvalue weighted by Gasteiger charge is -2.25. The second-order valence-electron chi connectivity index (χ2n) is 6.41. The van der Waals surface area contributed by atoms with Gasteiger partial charge < -0.3 is 4.74 Å². The highest BCUT2D eigenvalue weighted by atomic mass is 16.5. The summed E-state index contributed by atoms with van der Waals surface area (Å²) in [5.74, 6) is 0.342. The third kappa shape index (κ3) is 3.32. The zero-order valence-electron chi connectivity index (χ0n) is 13.1. The molecule has 1 heterocycles. The smallest absolute Gasteiger partial charge is 0.234 e. The lowest BCUT2D eigenvalue weighted by Crippen LogP contribution is -2.39. The van der Waals surface area contributed by atoms with E-state index in [1.807, 2.05) is 25.1 Å². The van der Waals surface area contributed by atoms with Gasteiger partial charge in [-0.05, 0) is 56.2 Å². The van der Waals surface area contributed by atoms with Crippen LogP contribution in [0.4, 0.5) is 0 Å². The number of rotatable bonds is 3. The van der Waals surface area contributed by atoms with Gasteiger partial charge in [0.15, 0.2) is 0 Å². The highest BCUT2D eigenvalue weighted by Crippen LogP contribution is 2.30. The molecule has 1 aromatic carbocycles. The summed E-state index contributed by atoms with van der Waals surface area (Å²) < 4.78 is 6.12. The van der Waals surface area contributed by atoms with Crippen LogP contribution in [0.2, 0.25) is 0 Å². The maximum Gasteiger partial charge on any atom is 0.234 e. The fourth-order valence-electron chi connectivity index (χ4n) is 3.40. The van der Waals surface area contributed by atoms with E-state index in [0.29, 0.717) is 18.9 Å². The molecule has 1 aromatic rings. The van der Waals surface area contributed by atoms with Crippen molar-refractivity contribution in [3.05, 3.63) is 29.3 Å². The Kier molecular flexibility index (Phi) is 4.46. The molecule has 0 spiro atoms. The van der Waals surface area contributed by atoms with Crippen LogP contribution in [-0.4, -0.2) is 17.9 Å². The van der Waals surface area contributed by atoms with E-state index >= 15 is 0 Å². The average Bonchev–Trinajstić information content (AvgIpc) is 2.50. The van der Waals surface area contributed by atoms with Gasteiger partial charge in [-0.2, -0.15) is 0 Å². The van der Waals surface area contributed by atoms with E-state index in [1.54, 1.807) is 0 Å². The number of piperidine rings is 1. The molecular formula is C18H23NO3. The fraction of sp³-hybridized carbons (Fsp3) is 0.556. The summed E-state index contributed by atoms with van der Waals surface area (Å²) in [6.45, 7) is 2.02. The molecular weight excluding hydrogens is 278 g/mol. The van der Waals surface area contributed by atoms with E-state index in [9.17, 15) is 9.59 Å². The molecule has 1 aliphatic heterocycles. The molecule has 2 amide bonds. The van der Waals surface area contributed by atoms with Crippen LogP contribution in [-0.2, 0) is 9.59 Å². The Labute approximate surface area is 131 Å². The van der Waals surface area contributed by atoms with E-state index in [4.69, 9.17) is 4.74 Å².